The molecule has 0 saturated carbocycles. The summed E-state index contributed by atoms with van der Waals surface area (Å²) in [6.07, 6.45) is 4.39. The van der Waals surface area contributed by atoms with Crippen LogP contribution in [0.25, 0.3) is 5.70 Å². The SMILES string of the molecule is C=CC(CCC)N1Cc2c(cccc2C(C)C)C1=C. The Labute approximate surface area is 117 Å². The number of hydrogen-bond acceptors (Lipinski definition) is 1. The van der Waals surface area contributed by atoms with Gasteiger partial charge in [0, 0.05) is 23.8 Å². The summed E-state index contributed by atoms with van der Waals surface area (Å²) in [7, 11) is 0. The smallest absolute Gasteiger partial charge is 0.0474 e. The molecular weight excluding hydrogens is 230 g/mol. The van der Waals surface area contributed by atoms with Crippen LogP contribution in [0.3, 0.4) is 0 Å². The highest BCUT2D eigenvalue weighted by Crippen LogP contribution is 2.38. The summed E-state index contributed by atoms with van der Waals surface area (Å²) in [5.41, 5.74) is 5.41. The van der Waals surface area contributed by atoms with Gasteiger partial charge in [-0.05, 0) is 23.5 Å². The first-order chi connectivity index (χ1) is 9.10. The fourth-order valence-electron chi connectivity index (χ4n) is 3.03. The van der Waals surface area contributed by atoms with Crippen LogP contribution in [0.4, 0.5) is 0 Å². The molecule has 0 saturated heterocycles. The molecule has 1 heterocycles. The van der Waals surface area contributed by atoms with E-state index in [0.717, 1.165) is 18.7 Å². The van der Waals surface area contributed by atoms with Gasteiger partial charge >= 0.3 is 0 Å². The van der Waals surface area contributed by atoms with E-state index in [9.17, 15) is 0 Å². The minimum Gasteiger partial charge on any atom is -0.361 e. The first kappa shape index (κ1) is 13.9. The number of fused-ring (bicyclic) bond motifs is 1. The van der Waals surface area contributed by atoms with Crippen molar-refractivity contribution in [1.29, 1.82) is 0 Å². The van der Waals surface area contributed by atoms with E-state index in [1.54, 1.807) is 0 Å². The van der Waals surface area contributed by atoms with E-state index in [2.05, 4.69) is 63.1 Å². The zero-order valence-corrected chi connectivity index (χ0v) is 12.4. The van der Waals surface area contributed by atoms with Gasteiger partial charge in [-0.25, -0.2) is 0 Å². The monoisotopic (exact) mass is 255 g/mol. The molecule has 0 amide bonds. The Balaban J connectivity index is 2.35. The lowest BCUT2D eigenvalue weighted by molar-refractivity contribution is 0.329. The van der Waals surface area contributed by atoms with Crippen LogP contribution in [0.5, 0.6) is 0 Å². The Bertz CT molecular complexity index is 484. The zero-order chi connectivity index (χ0) is 14.0. The van der Waals surface area contributed by atoms with Crippen LogP contribution < -0.4 is 0 Å². The Kier molecular flexibility index (Phi) is 4.14. The molecule has 1 aromatic rings. The lowest BCUT2D eigenvalue weighted by Crippen LogP contribution is -2.27. The molecule has 0 aliphatic carbocycles. The van der Waals surface area contributed by atoms with E-state index in [1.807, 2.05) is 0 Å². The second-order valence-electron chi connectivity index (χ2n) is 5.69. The molecule has 0 aromatic heterocycles. The molecule has 2 rings (SSSR count). The maximum Gasteiger partial charge on any atom is 0.0474 e. The highest BCUT2D eigenvalue weighted by molar-refractivity contribution is 5.71. The summed E-state index contributed by atoms with van der Waals surface area (Å²) in [5, 5.41) is 0. The summed E-state index contributed by atoms with van der Waals surface area (Å²) >= 11 is 0. The normalized spacial score (nSPS) is 15.8. The van der Waals surface area contributed by atoms with Gasteiger partial charge in [-0.15, -0.1) is 6.58 Å². The topological polar surface area (TPSA) is 3.24 Å². The van der Waals surface area contributed by atoms with Gasteiger partial charge in [-0.1, -0.05) is 58.0 Å². The van der Waals surface area contributed by atoms with Crippen LogP contribution in [0, 0.1) is 0 Å². The third kappa shape index (κ3) is 2.47. The van der Waals surface area contributed by atoms with Gasteiger partial charge in [-0.2, -0.15) is 0 Å². The molecule has 0 spiro atoms. The van der Waals surface area contributed by atoms with Crippen molar-refractivity contribution in [1.82, 2.24) is 4.90 Å². The Morgan fingerprint density at radius 1 is 1.37 bits per heavy atom. The lowest BCUT2D eigenvalue weighted by Gasteiger charge is -2.28. The van der Waals surface area contributed by atoms with Crippen molar-refractivity contribution in [2.45, 2.75) is 52.1 Å². The van der Waals surface area contributed by atoms with Crippen LogP contribution in [0.2, 0.25) is 0 Å². The molecule has 0 fully saturated rings. The van der Waals surface area contributed by atoms with E-state index in [4.69, 9.17) is 0 Å². The van der Waals surface area contributed by atoms with Gasteiger partial charge in [0.15, 0.2) is 0 Å². The molecule has 0 bridgehead atoms. The third-order valence-electron chi connectivity index (χ3n) is 4.08. The van der Waals surface area contributed by atoms with E-state index in [-0.39, 0.29) is 0 Å². The Morgan fingerprint density at radius 2 is 2.11 bits per heavy atom. The molecule has 0 radical (unpaired) electrons. The van der Waals surface area contributed by atoms with Crippen molar-refractivity contribution >= 4 is 5.70 Å². The average molecular weight is 255 g/mol. The van der Waals surface area contributed by atoms with E-state index >= 15 is 0 Å². The predicted molar refractivity (Wildman–Crippen MR) is 84.0 cm³/mol. The molecule has 1 unspecified atom stereocenters. The van der Waals surface area contributed by atoms with Crippen LogP contribution >= 0.6 is 0 Å². The van der Waals surface area contributed by atoms with E-state index in [0.29, 0.717) is 12.0 Å². The van der Waals surface area contributed by atoms with Crippen molar-refractivity contribution in [3.63, 3.8) is 0 Å². The highest BCUT2D eigenvalue weighted by atomic mass is 15.2. The summed E-state index contributed by atoms with van der Waals surface area (Å²) < 4.78 is 0. The van der Waals surface area contributed by atoms with Crippen LogP contribution in [-0.2, 0) is 6.54 Å². The number of benzene rings is 1. The molecule has 1 nitrogen and oxygen atoms in total. The minimum atomic E-state index is 0.407. The third-order valence-corrected chi connectivity index (χ3v) is 4.08. The van der Waals surface area contributed by atoms with Crippen molar-refractivity contribution in [2.24, 2.45) is 0 Å². The fourth-order valence-corrected chi connectivity index (χ4v) is 3.03. The lowest BCUT2D eigenvalue weighted by atomic mass is 9.94. The molecule has 1 aliphatic rings. The molecule has 1 aromatic carbocycles. The summed E-state index contributed by atoms with van der Waals surface area (Å²) in [5.74, 6) is 0.566. The van der Waals surface area contributed by atoms with Crippen molar-refractivity contribution in [3.05, 3.63) is 54.1 Å². The fraction of sp³-hybridized carbons (Fsp3) is 0.444. The van der Waals surface area contributed by atoms with Crippen molar-refractivity contribution < 1.29 is 0 Å². The molecular formula is C18H25N. The van der Waals surface area contributed by atoms with Gasteiger partial charge in [0.05, 0.1) is 0 Å². The predicted octanol–water partition coefficient (Wildman–Crippen LogP) is 4.95. The summed E-state index contributed by atoms with van der Waals surface area (Å²) in [4.78, 5) is 2.41. The average Bonchev–Trinajstić information content (AvgIpc) is 2.73. The van der Waals surface area contributed by atoms with Gasteiger partial charge < -0.3 is 4.90 Å². The largest absolute Gasteiger partial charge is 0.361 e. The van der Waals surface area contributed by atoms with Crippen LogP contribution in [0.1, 0.15) is 56.2 Å². The quantitative estimate of drug-likeness (QED) is 0.673. The summed E-state index contributed by atoms with van der Waals surface area (Å²) in [6, 6.07) is 7.02. The van der Waals surface area contributed by atoms with Gasteiger partial charge in [-0.3, -0.25) is 0 Å². The molecule has 102 valence electrons. The Morgan fingerprint density at radius 3 is 2.68 bits per heavy atom. The maximum absolute atomic E-state index is 4.31. The highest BCUT2D eigenvalue weighted by Gasteiger charge is 2.28. The minimum absolute atomic E-state index is 0.407. The Hall–Kier alpha value is -1.50. The maximum atomic E-state index is 4.31. The second-order valence-corrected chi connectivity index (χ2v) is 5.69. The second kappa shape index (κ2) is 5.64. The van der Waals surface area contributed by atoms with Gasteiger partial charge in [0.25, 0.3) is 0 Å². The van der Waals surface area contributed by atoms with Crippen LogP contribution in [-0.4, -0.2) is 10.9 Å². The molecule has 1 aliphatic heterocycles. The zero-order valence-electron chi connectivity index (χ0n) is 12.4. The van der Waals surface area contributed by atoms with E-state index < -0.39 is 0 Å². The number of nitrogens with zero attached hydrogens (tertiary/aromatic N) is 1. The van der Waals surface area contributed by atoms with Crippen LogP contribution in [0.15, 0.2) is 37.4 Å². The summed E-state index contributed by atoms with van der Waals surface area (Å²) in [6.45, 7) is 16.0. The first-order valence-electron chi connectivity index (χ1n) is 7.30. The number of hydrogen-bond donors (Lipinski definition) is 0. The first-order valence-corrected chi connectivity index (χ1v) is 7.30. The van der Waals surface area contributed by atoms with Crippen molar-refractivity contribution in [3.8, 4) is 0 Å². The number of rotatable bonds is 5. The van der Waals surface area contributed by atoms with Gasteiger partial charge in [0.2, 0.25) is 0 Å². The van der Waals surface area contributed by atoms with Crippen molar-refractivity contribution in [2.75, 3.05) is 0 Å². The molecule has 1 atom stereocenters. The molecule has 1 heteroatoms. The standard InChI is InChI=1S/C18H25N/c1-6-9-15(7-2)19-12-18-16(13(3)4)10-8-11-17(18)14(19)5/h7-8,10-11,13,15H,2,5-6,9,12H2,1,3-4H3. The molecule has 19 heavy (non-hydrogen) atoms. The van der Waals surface area contributed by atoms with Gasteiger partial charge in [0.1, 0.15) is 0 Å². The van der Waals surface area contributed by atoms with E-state index in [1.165, 1.54) is 23.1 Å². The molecule has 0 N–H and O–H groups in total.